The quantitative estimate of drug-likeness (QED) is 0.808. The van der Waals surface area contributed by atoms with Crippen LogP contribution in [0.5, 0.6) is 0 Å². The first-order valence-electron chi connectivity index (χ1n) is 6.66. The van der Waals surface area contributed by atoms with E-state index in [1.165, 1.54) is 0 Å². The number of carbonyl (C=O) groups is 1. The third-order valence-corrected chi connectivity index (χ3v) is 4.34. The molecule has 3 aliphatic heterocycles. The second-order valence-electron chi connectivity index (χ2n) is 5.88. The third kappa shape index (κ3) is 3.14. The highest BCUT2D eigenvalue weighted by atomic mass is 35.5. The van der Waals surface area contributed by atoms with Gasteiger partial charge in [0, 0.05) is 37.9 Å². The number of nitrogens with one attached hydrogen (secondary N) is 1. The largest absolute Gasteiger partial charge is 0.443 e. The topological polar surface area (TPSA) is 41.6 Å². The highest BCUT2D eigenvalue weighted by Gasteiger charge is 2.50. The monoisotopic (exact) mass is 314 g/mol. The van der Waals surface area contributed by atoms with Crippen LogP contribution in [0.1, 0.15) is 32.1 Å². The molecule has 20 heavy (non-hydrogen) atoms. The van der Waals surface area contributed by atoms with Gasteiger partial charge in [0.25, 0.3) is 0 Å². The summed E-state index contributed by atoms with van der Waals surface area (Å²) in [6.45, 7) is -1.08. The van der Waals surface area contributed by atoms with Crippen molar-refractivity contribution in [3.05, 3.63) is 0 Å². The molecule has 3 aliphatic rings. The summed E-state index contributed by atoms with van der Waals surface area (Å²) in [4.78, 5) is 12.5. The molecule has 2 bridgehead atoms. The molecule has 3 saturated heterocycles. The Morgan fingerprint density at radius 3 is 2.40 bits per heavy atom. The van der Waals surface area contributed by atoms with Crippen molar-refractivity contribution in [2.24, 2.45) is 0 Å². The summed E-state index contributed by atoms with van der Waals surface area (Å²) in [6, 6.07) is 0.696. The molecule has 0 radical (unpaired) electrons. The van der Waals surface area contributed by atoms with E-state index in [0.29, 0.717) is 18.5 Å². The summed E-state index contributed by atoms with van der Waals surface area (Å²) in [5, 5.41) is 3.44. The fourth-order valence-corrected chi connectivity index (χ4v) is 3.58. The number of piperidine rings is 1. The molecule has 1 amide bonds. The van der Waals surface area contributed by atoms with E-state index >= 15 is 0 Å². The van der Waals surface area contributed by atoms with Gasteiger partial charge >= 0.3 is 12.3 Å². The predicted octanol–water partition coefficient (Wildman–Crippen LogP) is 2.47. The van der Waals surface area contributed by atoms with Crippen molar-refractivity contribution < 1.29 is 22.7 Å². The number of alkyl halides is 3. The van der Waals surface area contributed by atoms with Crippen molar-refractivity contribution in [3.8, 4) is 0 Å². The number of fused-ring (bicyclic) bond motifs is 2. The van der Waals surface area contributed by atoms with Gasteiger partial charge in [0.05, 0.1) is 0 Å². The van der Waals surface area contributed by atoms with Crippen LogP contribution in [-0.4, -0.2) is 47.9 Å². The van der Waals surface area contributed by atoms with Gasteiger partial charge in [-0.1, -0.05) is 0 Å². The van der Waals surface area contributed by atoms with Crippen molar-refractivity contribution in [2.45, 2.75) is 56.0 Å². The molecule has 1 unspecified atom stereocenters. The summed E-state index contributed by atoms with van der Waals surface area (Å²) >= 11 is 0. The Morgan fingerprint density at radius 1 is 1.30 bits per heavy atom. The van der Waals surface area contributed by atoms with Crippen LogP contribution in [-0.2, 0) is 4.74 Å². The molecule has 0 saturated carbocycles. The number of halogens is 4. The number of hydrogen-bond donors (Lipinski definition) is 1. The summed E-state index contributed by atoms with van der Waals surface area (Å²) < 4.78 is 42.4. The second kappa shape index (κ2) is 5.26. The van der Waals surface area contributed by atoms with Gasteiger partial charge in [-0.15, -0.1) is 12.4 Å². The minimum absolute atomic E-state index is 0. The maximum atomic E-state index is 12.3. The summed E-state index contributed by atoms with van der Waals surface area (Å²) in [7, 11) is 0. The molecule has 0 aromatic rings. The molecule has 1 N–H and O–H groups in total. The number of nitrogens with zero attached hydrogens (tertiary/aromatic N) is 1. The summed E-state index contributed by atoms with van der Waals surface area (Å²) in [5.74, 6) is 0. The molecule has 3 fully saturated rings. The Labute approximate surface area is 121 Å². The SMILES string of the molecule is Cl.O=C1OC2(CCN1CC(F)(F)F)C[C@H]1CC[C@@H](C2)N1. The van der Waals surface area contributed by atoms with Crippen LogP contribution in [0.3, 0.4) is 0 Å². The lowest BCUT2D eigenvalue weighted by Crippen LogP contribution is -2.57. The van der Waals surface area contributed by atoms with Crippen molar-refractivity contribution in [2.75, 3.05) is 13.1 Å². The maximum Gasteiger partial charge on any atom is 0.410 e. The fourth-order valence-electron chi connectivity index (χ4n) is 3.58. The van der Waals surface area contributed by atoms with E-state index in [0.717, 1.165) is 30.6 Å². The molecule has 1 spiro atoms. The number of amides is 1. The number of rotatable bonds is 1. The van der Waals surface area contributed by atoms with E-state index in [2.05, 4.69) is 5.32 Å². The van der Waals surface area contributed by atoms with E-state index in [1.807, 2.05) is 0 Å². The first-order chi connectivity index (χ1) is 8.85. The molecule has 4 nitrogen and oxygen atoms in total. The minimum atomic E-state index is -4.36. The minimum Gasteiger partial charge on any atom is -0.443 e. The normalized spacial score (nSPS) is 36.8. The van der Waals surface area contributed by atoms with E-state index < -0.39 is 24.4 Å². The molecule has 0 aliphatic carbocycles. The van der Waals surface area contributed by atoms with Crippen LogP contribution in [0.15, 0.2) is 0 Å². The van der Waals surface area contributed by atoms with E-state index in [-0.39, 0.29) is 19.0 Å². The fraction of sp³-hybridized carbons (Fsp3) is 0.917. The molecule has 0 aromatic heterocycles. The highest BCUT2D eigenvalue weighted by molar-refractivity contribution is 5.85. The van der Waals surface area contributed by atoms with Crippen molar-refractivity contribution in [1.29, 1.82) is 0 Å². The van der Waals surface area contributed by atoms with Gasteiger partial charge in [0.1, 0.15) is 12.1 Å². The number of carbonyl (C=O) groups excluding carboxylic acids is 1. The van der Waals surface area contributed by atoms with Crippen molar-refractivity contribution in [3.63, 3.8) is 0 Å². The zero-order valence-electron chi connectivity index (χ0n) is 10.9. The van der Waals surface area contributed by atoms with Crippen LogP contribution < -0.4 is 5.32 Å². The van der Waals surface area contributed by atoms with E-state index in [9.17, 15) is 18.0 Å². The molecular weight excluding hydrogens is 297 g/mol. The second-order valence-corrected chi connectivity index (χ2v) is 5.88. The van der Waals surface area contributed by atoms with E-state index in [4.69, 9.17) is 4.74 Å². The van der Waals surface area contributed by atoms with Crippen LogP contribution in [0, 0.1) is 0 Å². The van der Waals surface area contributed by atoms with Gasteiger partial charge in [0.2, 0.25) is 0 Å². The van der Waals surface area contributed by atoms with Gasteiger partial charge in [-0.2, -0.15) is 13.2 Å². The van der Waals surface area contributed by atoms with Crippen LogP contribution >= 0.6 is 12.4 Å². The maximum absolute atomic E-state index is 12.3. The Kier molecular flexibility index (Phi) is 4.12. The lowest BCUT2D eigenvalue weighted by molar-refractivity contribution is -0.156. The molecule has 0 aromatic carbocycles. The lowest BCUT2D eigenvalue weighted by atomic mass is 9.83. The highest BCUT2D eigenvalue weighted by Crippen LogP contribution is 2.41. The predicted molar refractivity (Wildman–Crippen MR) is 67.9 cm³/mol. The van der Waals surface area contributed by atoms with Gasteiger partial charge in [-0.25, -0.2) is 4.79 Å². The first-order valence-corrected chi connectivity index (χ1v) is 6.66. The molecule has 116 valence electrons. The number of ether oxygens (including phenoxy) is 1. The zero-order chi connectivity index (χ0) is 13.7. The van der Waals surface area contributed by atoms with Crippen molar-refractivity contribution in [1.82, 2.24) is 10.2 Å². The smallest absolute Gasteiger partial charge is 0.410 e. The first kappa shape index (κ1) is 15.7. The van der Waals surface area contributed by atoms with Crippen LogP contribution in [0.4, 0.5) is 18.0 Å². The van der Waals surface area contributed by atoms with E-state index in [1.54, 1.807) is 0 Å². The Morgan fingerprint density at radius 2 is 1.90 bits per heavy atom. The lowest BCUT2D eigenvalue weighted by Gasteiger charge is -2.45. The Hall–Kier alpha value is -0.690. The van der Waals surface area contributed by atoms with Crippen LogP contribution in [0.2, 0.25) is 0 Å². The summed E-state index contributed by atoms with van der Waals surface area (Å²) in [5.41, 5.74) is -0.531. The third-order valence-electron chi connectivity index (χ3n) is 4.34. The van der Waals surface area contributed by atoms with Gasteiger partial charge in [-0.3, -0.25) is 4.90 Å². The molecule has 3 atom stereocenters. The molecule has 8 heteroatoms. The summed E-state index contributed by atoms with van der Waals surface area (Å²) in [6.07, 6.45) is -1.08. The zero-order valence-corrected chi connectivity index (χ0v) is 11.7. The number of hydrogen-bond acceptors (Lipinski definition) is 3. The van der Waals surface area contributed by atoms with Crippen molar-refractivity contribution >= 4 is 18.5 Å². The van der Waals surface area contributed by atoms with Gasteiger partial charge in [0.15, 0.2) is 0 Å². The molecule has 3 rings (SSSR count). The van der Waals surface area contributed by atoms with Crippen LogP contribution in [0.25, 0.3) is 0 Å². The van der Waals surface area contributed by atoms with Gasteiger partial charge in [-0.05, 0) is 12.8 Å². The Balaban J connectivity index is 0.00000147. The standard InChI is InChI=1S/C12H17F3N2O2.ClH/c13-12(14,15)7-17-4-3-11(19-10(17)18)5-8-1-2-9(6-11)16-8;/h8-9,16H,1-7H2;1H/t8-,9+,11?;. The average molecular weight is 315 g/mol. The Bertz CT molecular complexity index is 379. The molecule has 3 heterocycles. The molecular formula is C12H18ClF3N2O2. The van der Waals surface area contributed by atoms with Gasteiger partial charge < -0.3 is 10.1 Å². The average Bonchev–Trinajstić information content (AvgIpc) is 2.62.